The number of hydrogen-bond donors (Lipinski definition) is 1. The topological polar surface area (TPSA) is 101 Å². The van der Waals surface area contributed by atoms with Crippen molar-refractivity contribution in [2.45, 2.75) is 13.8 Å². The molecule has 3 aromatic heterocycles. The molecule has 1 saturated heterocycles. The number of piperazine rings is 1. The number of rotatable bonds is 2. The van der Waals surface area contributed by atoms with E-state index in [1.165, 1.54) is 0 Å². The van der Waals surface area contributed by atoms with Crippen LogP contribution in [0.1, 0.15) is 11.3 Å². The summed E-state index contributed by atoms with van der Waals surface area (Å²) in [5.41, 5.74) is 8.85. The SMILES string of the molecule is Cc1ncnc(N2CCN(c3cc4nncn4c(N)n3)CC2)c1C. The van der Waals surface area contributed by atoms with Gasteiger partial charge >= 0.3 is 0 Å². The molecular formula is C15H19N9. The van der Waals surface area contributed by atoms with Gasteiger partial charge < -0.3 is 15.5 Å². The van der Waals surface area contributed by atoms with E-state index in [9.17, 15) is 0 Å². The highest BCUT2D eigenvalue weighted by Crippen LogP contribution is 2.22. The first kappa shape index (κ1) is 14.6. The number of anilines is 3. The number of hydrogen-bond acceptors (Lipinski definition) is 8. The van der Waals surface area contributed by atoms with Gasteiger partial charge in [-0.1, -0.05) is 0 Å². The quantitative estimate of drug-likeness (QED) is 0.724. The van der Waals surface area contributed by atoms with Gasteiger partial charge in [0.25, 0.3) is 0 Å². The average molecular weight is 325 g/mol. The molecule has 1 fully saturated rings. The van der Waals surface area contributed by atoms with E-state index >= 15 is 0 Å². The van der Waals surface area contributed by atoms with E-state index in [-0.39, 0.29) is 0 Å². The molecule has 3 aromatic rings. The molecule has 0 atom stereocenters. The molecule has 24 heavy (non-hydrogen) atoms. The Morgan fingerprint density at radius 1 is 1.04 bits per heavy atom. The van der Waals surface area contributed by atoms with Crippen molar-refractivity contribution in [2.75, 3.05) is 41.7 Å². The van der Waals surface area contributed by atoms with Crippen LogP contribution in [-0.4, -0.2) is 55.7 Å². The monoisotopic (exact) mass is 325 g/mol. The number of fused-ring (bicyclic) bond motifs is 1. The molecule has 0 radical (unpaired) electrons. The molecule has 0 bridgehead atoms. The first-order chi connectivity index (χ1) is 11.6. The van der Waals surface area contributed by atoms with Gasteiger partial charge in [0.05, 0.1) is 0 Å². The normalized spacial score (nSPS) is 15.2. The third-order valence-corrected chi connectivity index (χ3v) is 4.52. The predicted molar refractivity (Wildman–Crippen MR) is 91.1 cm³/mol. The Morgan fingerprint density at radius 2 is 1.79 bits per heavy atom. The van der Waals surface area contributed by atoms with Crippen LogP contribution in [0.4, 0.5) is 17.6 Å². The Hall–Kier alpha value is -2.97. The van der Waals surface area contributed by atoms with E-state index in [1.54, 1.807) is 17.1 Å². The fourth-order valence-electron chi connectivity index (χ4n) is 2.99. The Morgan fingerprint density at radius 3 is 2.58 bits per heavy atom. The summed E-state index contributed by atoms with van der Waals surface area (Å²) >= 11 is 0. The highest BCUT2D eigenvalue weighted by molar-refractivity contribution is 5.56. The van der Waals surface area contributed by atoms with Crippen LogP contribution in [0.5, 0.6) is 0 Å². The van der Waals surface area contributed by atoms with Gasteiger partial charge in [0.2, 0.25) is 5.95 Å². The van der Waals surface area contributed by atoms with Gasteiger partial charge in [0.15, 0.2) is 5.65 Å². The first-order valence-corrected chi connectivity index (χ1v) is 7.88. The second-order valence-electron chi connectivity index (χ2n) is 5.91. The van der Waals surface area contributed by atoms with E-state index in [0.29, 0.717) is 11.6 Å². The van der Waals surface area contributed by atoms with Crippen LogP contribution in [0.3, 0.4) is 0 Å². The van der Waals surface area contributed by atoms with E-state index in [4.69, 9.17) is 5.73 Å². The molecule has 4 rings (SSSR count). The number of nitrogens with zero attached hydrogens (tertiary/aromatic N) is 8. The molecule has 4 heterocycles. The van der Waals surface area contributed by atoms with Crippen molar-refractivity contribution in [1.29, 1.82) is 0 Å². The molecule has 0 saturated carbocycles. The van der Waals surface area contributed by atoms with Crippen molar-refractivity contribution in [3.8, 4) is 0 Å². The van der Waals surface area contributed by atoms with Gasteiger partial charge in [-0.25, -0.2) is 9.97 Å². The van der Waals surface area contributed by atoms with Crippen LogP contribution in [-0.2, 0) is 0 Å². The minimum atomic E-state index is 0.400. The molecule has 0 spiro atoms. The Balaban J connectivity index is 1.54. The molecule has 124 valence electrons. The summed E-state index contributed by atoms with van der Waals surface area (Å²) in [6.07, 6.45) is 3.20. The maximum Gasteiger partial charge on any atom is 0.209 e. The standard InChI is InChI=1S/C15H19N9/c1-10-11(2)17-8-18-14(10)23-5-3-22(4-6-23)12-7-13-21-19-9-24(13)15(16)20-12/h7-9H,3-6H2,1-2H3,(H2,16,20). The minimum absolute atomic E-state index is 0.400. The fraction of sp³-hybridized carbons (Fsp3) is 0.400. The van der Waals surface area contributed by atoms with Crippen molar-refractivity contribution in [1.82, 2.24) is 29.5 Å². The van der Waals surface area contributed by atoms with Crippen LogP contribution in [0.25, 0.3) is 5.65 Å². The zero-order chi connectivity index (χ0) is 16.7. The van der Waals surface area contributed by atoms with Gasteiger partial charge in [-0.05, 0) is 13.8 Å². The lowest BCUT2D eigenvalue weighted by atomic mass is 10.2. The molecular weight excluding hydrogens is 306 g/mol. The molecule has 0 amide bonds. The number of aryl methyl sites for hydroxylation is 1. The zero-order valence-electron chi connectivity index (χ0n) is 13.7. The Labute approximate surface area is 139 Å². The summed E-state index contributed by atoms with van der Waals surface area (Å²) in [7, 11) is 0. The maximum absolute atomic E-state index is 5.98. The Kier molecular flexibility index (Phi) is 3.40. The molecule has 0 aliphatic carbocycles. The fourth-order valence-corrected chi connectivity index (χ4v) is 2.99. The summed E-state index contributed by atoms with van der Waals surface area (Å²) in [5, 5.41) is 7.93. The smallest absolute Gasteiger partial charge is 0.209 e. The van der Waals surface area contributed by atoms with E-state index in [0.717, 1.165) is 49.1 Å². The summed E-state index contributed by atoms with van der Waals surface area (Å²) in [6, 6.07) is 1.92. The van der Waals surface area contributed by atoms with Crippen LogP contribution in [0.15, 0.2) is 18.7 Å². The third kappa shape index (κ3) is 2.38. The van der Waals surface area contributed by atoms with Crippen molar-refractivity contribution in [2.24, 2.45) is 0 Å². The molecule has 0 unspecified atom stereocenters. The molecule has 1 aliphatic rings. The summed E-state index contributed by atoms with van der Waals surface area (Å²) in [4.78, 5) is 17.7. The average Bonchev–Trinajstić information content (AvgIpc) is 3.07. The number of aromatic nitrogens is 6. The van der Waals surface area contributed by atoms with Crippen molar-refractivity contribution >= 4 is 23.2 Å². The largest absolute Gasteiger partial charge is 0.369 e. The molecule has 9 nitrogen and oxygen atoms in total. The highest BCUT2D eigenvalue weighted by Gasteiger charge is 2.21. The van der Waals surface area contributed by atoms with E-state index < -0.39 is 0 Å². The van der Waals surface area contributed by atoms with Gasteiger partial charge in [0.1, 0.15) is 24.3 Å². The minimum Gasteiger partial charge on any atom is -0.369 e. The number of nitrogens with two attached hydrogens (primary N) is 1. The summed E-state index contributed by atoms with van der Waals surface area (Å²) in [6.45, 7) is 7.52. The van der Waals surface area contributed by atoms with Crippen LogP contribution >= 0.6 is 0 Å². The van der Waals surface area contributed by atoms with Crippen LogP contribution < -0.4 is 15.5 Å². The Bertz CT molecular complexity index is 880. The maximum atomic E-state index is 5.98. The van der Waals surface area contributed by atoms with Gasteiger partial charge in [-0.15, -0.1) is 10.2 Å². The lowest BCUT2D eigenvalue weighted by Crippen LogP contribution is -2.47. The van der Waals surface area contributed by atoms with Gasteiger partial charge in [0, 0.05) is 43.5 Å². The molecule has 0 aromatic carbocycles. The first-order valence-electron chi connectivity index (χ1n) is 7.88. The van der Waals surface area contributed by atoms with Crippen molar-refractivity contribution in [3.05, 3.63) is 30.0 Å². The molecule has 9 heteroatoms. The van der Waals surface area contributed by atoms with Crippen molar-refractivity contribution in [3.63, 3.8) is 0 Å². The second kappa shape index (κ2) is 5.59. The van der Waals surface area contributed by atoms with Gasteiger partial charge in [-0.2, -0.15) is 4.98 Å². The number of nitrogen functional groups attached to an aromatic ring is 1. The predicted octanol–water partition coefficient (Wildman–Crippen LogP) is 0.440. The molecule has 2 N–H and O–H groups in total. The van der Waals surface area contributed by atoms with Gasteiger partial charge in [-0.3, -0.25) is 4.40 Å². The van der Waals surface area contributed by atoms with Crippen molar-refractivity contribution < 1.29 is 0 Å². The highest BCUT2D eigenvalue weighted by atomic mass is 15.3. The lowest BCUT2D eigenvalue weighted by molar-refractivity contribution is 0.638. The second-order valence-corrected chi connectivity index (χ2v) is 5.91. The van der Waals surface area contributed by atoms with Crippen LogP contribution in [0, 0.1) is 13.8 Å². The lowest BCUT2D eigenvalue weighted by Gasteiger charge is -2.36. The van der Waals surface area contributed by atoms with E-state index in [1.807, 2.05) is 13.0 Å². The molecule has 1 aliphatic heterocycles. The zero-order valence-corrected chi connectivity index (χ0v) is 13.7. The van der Waals surface area contributed by atoms with E-state index in [2.05, 4.69) is 41.9 Å². The summed E-state index contributed by atoms with van der Waals surface area (Å²) < 4.78 is 1.67. The van der Waals surface area contributed by atoms with Crippen LogP contribution in [0.2, 0.25) is 0 Å². The third-order valence-electron chi connectivity index (χ3n) is 4.52. The summed E-state index contributed by atoms with van der Waals surface area (Å²) in [5.74, 6) is 2.25.